The molecule has 0 saturated carbocycles. The SMILES string of the molecule is COCCNC(C)C(C)Cc1ccc(Br)cn1. The van der Waals surface area contributed by atoms with E-state index in [1.54, 1.807) is 7.11 Å². The number of halogens is 1. The summed E-state index contributed by atoms with van der Waals surface area (Å²) in [6, 6.07) is 4.58. The normalized spacial score (nSPS) is 14.6. The van der Waals surface area contributed by atoms with E-state index in [4.69, 9.17) is 4.74 Å². The first-order chi connectivity index (χ1) is 8.13. The summed E-state index contributed by atoms with van der Waals surface area (Å²) in [6.45, 7) is 6.11. The lowest BCUT2D eigenvalue weighted by Gasteiger charge is -2.21. The van der Waals surface area contributed by atoms with Gasteiger partial charge in [0.25, 0.3) is 0 Å². The Morgan fingerprint density at radius 1 is 1.41 bits per heavy atom. The van der Waals surface area contributed by atoms with Crippen LogP contribution in [0.25, 0.3) is 0 Å². The number of methoxy groups -OCH3 is 1. The third-order valence-electron chi connectivity index (χ3n) is 2.95. The molecule has 1 aromatic rings. The second-order valence-corrected chi connectivity index (χ2v) is 5.30. The first-order valence-corrected chi connectivity index (χ1v) is 6.75. The molecule has 17 heavy (non-hydrogen) atoms. The molecule has 1 aromatic heterocycles. The number of rotatable bonds is 7. The topological polar surface area (TPSA) is 34.1 Å². The summed E-state index contributed by atoms with van der Waals surface area (Å²) >= 11 is 3.39. The smallest absolute Gasteiger partial charge is 0.0587 e. The summed E-state index contributed by atoms with van der Waals surface area (Å²) in [5, 5.41) is 3.45. The van der Waals surface area contributed by atoms with Crippen molar-refractivity contribution in [2.45, 2.75) is 26.3 Å². The largest absolute Gasteiger partial charge is 0.383 e. The third-order valence-corrected chi connectivity index (χ3v) is 3.41. The molecular weight excluding hydrogens is 280 g/mol. The molecule has 0 bridgehead atoms. The number of nitrogens with zero attached hydrogens (tertiary/aromatic N) is 1. The maximum absolute atomic E-state index is 5.02. The fourth-order valence-electron chi connectivity index (χ4n) is 1.62. The molecule has 4 heteroatoms. The lowest BCUT2D eigenvalue weighted by Crippen LogP contribution is -2.35. The molecule has 0 aliphatic rings. The zero-order valence-corrected chi connectivity index (χ0v) is 12.3. The molecule has 0 amide bonds. The van der Waals surface area contributed by atoms with E-state index in [1.807, 2.05) is 12.3 Å². The highest BCUT2D eigenvalue weighted by Gasteiger charge is 2.12. The lowest BCUT2D eigenvalue weighted by atomic mass is 9.97. The van der Waals surface area contributed by atoms with E-state index in [2.05, 4.69) is 46.1 Å². The van der Waals surface area contributed by atoms with E-state index in [1.165, 1.54) is 0 Å². The number of aromatic nitrogens is 1. The fraction of sp³-hybridized carbons (Fsp3) is 0.615. The predicted molar refractivity (Wildman–Crippen MR) is 74.1 cm³/mol. The van der Waals surface area contributed by atoms with Crippen molar-refractivity contribution in [3.63, 3.8) is 0 Å². The summed E-state index contributed by atoms with van der Waals surface area (Å²) in [4.78, 5) is 4.40. The quantitative estimate of drug-likeness (QED) is 0.786. The Balaban J connectivity index is 2.37. The summed E-state index contributed by atoms with van der Waals surface area (Å²) in [5.74, 6) is 0.556. The fourth-order valence-corrected chi connectivity index (χ4v) is 1.86. The van der Waals surface area contributed by atoms with Crippen LogP contribution in [0.1, 0.15) is 19.5 Å². The van der Waals surface area contributed by atoms with Gasteiger partial charge in [-0.25, -0.2) is 0 Å². The van der Waals surface area contributed by atoms with Gasteiger partial charge in [0.1, 0.15) is 0 Å². The third kappa shape index (κ3) is 5.61. The molecule has 1 heterocycles. The van der Waals surface area contributed by atoms with Gasteiger partial charge in [0.2, 0.25) is 0 Å². The minimum absolute atomic E-state index is 0.468. The molecule has 0 saturated heterocycles. The van der Waals surface area contributed by atoms with Gasteiger partial charge in [-0.15, -0.1) is 0 Å². The van der Waals surface area contributed by atoms with Gasteiger partial charge in [0, 0.05) is 36.1 Å². The van der Waals surface area contributed by atoms with E-state index >= 15 is 0 Å². The number of pyridine rings is 1. The number of hydrogen-bond donors (Lipinski definition) is 1. The van der Waals surface area contributed by atoms with Gasteiger partial charge in [-0.1, -0.05) is 6.92 Å². The summed E-state index contributed by atoms with van der Waals surface area (Å²) in [7, 11) is 1.72. The van der Waals surface area contributed by atoms with Crippen LogP contribution in [0.2, 0.25) is 0 Å². The van der Waals surface area contributed by atoms with Gasteiger partial charge in [-0.05, 0) is 47.3 Å². The highest BCUT2D eigenvalue weighted by molar-refractivity contribution is 9.10. The van der Waals surface area contributed by atoms with Crippen LogP contribution >= 0.6 is 15.9 Å². The van der Waals surface area contributed by atoms with Crippen molar-refractivity contribution in [2.75, 3.05) is 20.3 Å². The van der Waals surface area contributed by atoms with Crippen LogP contribution in [0.15, 0.2) is 22.8 Å². The van der Waals surface area contributed by atoms with Gasteiger partial charge in [-0.3, -0.25) is 4.98 Å². The van der Waals surface area contributed by atoms with Crippen molar-refractivity contribution in [3.05, 3.63) is 28.5 Å². The van der Waals surface area contributed by atoms with Crippen molar-refractivity contribution >= 4 is 15.9 Å². The van der Waals surface area contributed by atoms with Crippen LogP contribution in [0.3, 0.4) is 0 Å². The molecule has 2 unspecified atom stereocenters. The van der Waals surface area contributed by atoms with E-state index in [0.29, 0.717) is 12.0 Å². The molecule has 0 aliphatic carbocycles. The Morgan fingerprint density at radius 3 is 2.76 bits per heavy atom. The highest BCUT2D eigenvalue weighted by Crippen LogP contribution is 2.13. The summed E-state index contributed by atoms with van der Waals surface area (Å²) < 4.78 is 6.05. The molecule has 3 nitrogen and oxygen atoms in total. The maximum atomic E-state index is 5.02. The standard InChI is InChI=1S/C13H21BrN2O/c1-10(11(2)15-6-7-17-3)8-13-5-4-12(14)9-16-13/h4-5,9-11,15H,6-8H2,1-3H3. The molecule has 0 fully saturated rings. The summed E-state index contributed by atoms with van der Waals surface area (Å²) in [6.07, 6.45) is 2.85. The van der Waals surface area contributed by atoms with Crippen molar-refractivity contribution in [3.8, 4) is 0 Å². The summed E-state index contributed by atoms with van der Waals surface area (Å²) in [5.41, 5.74) is 1.14. The zero-order valence-electron chi connectivity index (χ0n) is 10.7. The molecule has 0 radical (unpaired) electrons. The first kappa shape index (κ1) is 14.6. The Morgan fingerprint density at radius 2 is 2.18 bits per heavy atom. The Kier molecular flexibility index (Phi) is 6.70. The van der Waals surface area contributed by atoms with Gasteiger partial charge in [0.05, 0.1) is 6.61 Å². The second kappa shape index (κ2) is 7.80. The van der Waals surface area contributed by atoms with Gasteiger partial charge < -0.3 is 10.1 Å². The lowest BCUT2D eigenvalue weighted by molar-refractivity contribution is 0.192. The molecule has 1 rings (SSSR count). The van der Waals surface area contributed by atoms with Crippen LogP contribution < -0.4 is 5.32 Å². The monoisotopic (exact) mass is 300 g/mol. The van der Waals surface area contributed by atoms with Crippen LogP contribution in [-0.4, -0.2) is 31.3 Å². The molecule has 0 aliphatic heterocycles. The number of hydrogen-bond acceptors (Lipinski definition) is 3. The van der Waals surface area contributed by atoms with E-state index < -0.39 is 0 Å². The maximum Gasteiger partial charge on any atom is 0.0587 e. The van der Waals surface area contributed by atoms with Crippen molar-refractivity contribution < 1.29 is 4.74 Å². The highest BCUT2D eigenvalue weighted by atomic mass is 79.9. The Labute approximate surface area is 112 Å². The van der Waals surface area contributed by atoms with Crippen LogP contribution in [-0.2, 0) is 11.2 Å². The van der Waals surface area contributed by atoms with E-state index in [-0.39, 0.29) is 0 Å². The van der Waals surface area contributed by atoms with Gasteiger partial charge in [0.15, 0.2) is 0 Å². The van der Waals surface area contributed by atoms with Crippen molar-refractivity contribution in [1.29, 1.82) is 0 Å². The van der Waals surface area contributed by atoms with E-state index in [0.717, 1.165) is 29.7 Å². The molecule has 2 atom stereocenters. The van der Waals surface area contributed by atoms with Crippen LogP contribution in [0.5, 0.6) is 0 Å². The zero-order chi connectivity index (χ0) is 12.7. The van der Waals surface area contributed by atoms with Crippen LogP contribution in [0.4, 0.5) is 0 Å². The number of nitrogens with one attached hydrogen (secondary N) is 1. The van der Waals surface area contributed by atoms with E-state index in [9.17, 15) is 0 Å². The van der Waals surface area contributed by atoms with Gasteiger partial charge in [-0.2, -0.15) is 0 Å². The van der Waals surface area contributed by atoms with Crippen molar-refractivity contribution in [1.82, 2.24) is 10.3 Å². The molecule has 1 N–H and O–H groups in total. The molecule has 96 valence electrons. The second-order valence-electron chi connectivity index (χ2n) is 4.38. The minimum atomic E-state index is 0.468. The average Bonchev–Trinajstić information content (AvgIpc) is 2.32. The predicted octanol–water partition coefficient (Wildman–Crippen LogP) is 2.65. The first-order valence-electron chi connectivity index (χ1n) is 5.96. The Bertz CT molecular complexity index is 316. The van der Waals surface area contributed by atoms with Crippen LogP contribution in [0, 0.1) is 5.92 Å². The minimum Gasteiger partial charge on any atom is -0.383 e. The molecule has 0 aromatic carbocycles. The van der Waals surface area contributed by atoms with Crippen molar-refractivity contribution in [2.24, 2.45) is 5.92 Å². The Hall–Kier alpha value is -0.450. The number of ether oxygens (including phenoxy) is 1. The molecule has 0 spiro atoms. The van der Waals surface area contributed by atoms with Gasteiger partial charge >= 0.3 is 0 Å². The molecular formula is C13H21BrN2O. The average molecular weight is 301 g/mol.